The molecule has 0 fully saturated rings. The third-order valence-electron chi connectivity index (χ3n) is 14.5. The molecule has 0 radical (unpaired) electrons. The van der Waals surface area contributed by atoms with Gasteiger partial charge in [-0.2, -0.15) is 0 Å². The predicted molar refractivity (Wildman–Crippen MR) is 431 cm³/mol. The summed E-state index contributed by atoms with van der Waals surface area (Å²) in [5.41, 5.74) is 2.67. The maximum Gasteiger partial charge on any atom is 0.328 e. The molecule has 5 N–H and O–H groups in total. The molecule has 0 unspecified atom stereocenters. The van der Waals surface area contributed by atoms with Crippen LogP contribution < -0.4 is 31.3 Å². The number of hydrogen-bond acceptors (Lipinski definition) is 23. The number of aromatic nitrogens is 1. The average molecular weight is 1620 g/mol. The molecular formula is C80H105ClN6O17S5. The van der Waals surface area contributed by atoms with E-state index in [1.54, 1.807) is 113 Å². The topological polar surface area (TPSA) is 312 Å². The highest BCUT2D eigenvalue weighted by molar-refractivity contribution is 8.01. The number of thiophene rings is 4. The minimum Gasteiger partial charge on any atom is -0.497 e. The largest absolute Gasteiger partial charge is 0.497 e. The quantitative estimate of drug-likeness (QED) is 0.0188. The maximum absolute atomic E-state index is 12.2. The Hall–Kier alpha value is -8.67. The molecule has 0 aliphatic heterocycles. The van der Waals surface area contributed by atoms with Gasteiger partial charge < -0.3 is 59.5 Å². The van der Waals surface area contributed by atoms with Crippen molar-refractivity contribution in [1.29, 1.82) is 0 Å². The molecule has 5 aromatic heterocycles. The number of nitrogens with zero attached hydrogens (tertiary/aromatic N) is 1. The van der Waals surface area contributed by atoms with Crippen LogP contribution in [0.5, 0.6) is 5.75 Å². The molecule has 0 spiro atoms. The summed E-state index contributed by atoms with van der Waals surface area (Å²) in [6.45, 7) is 31.3. The number of amides is 5. The van der Waals surface area contributed by atoms with E-state index in [1.807, 2.05) is 165 Å². The predicted octanol–water partition coefficient (Wildman–Crippen LogP) is 14.3. The molecule has 5 heterocycles. The van der Waals surface area contributed by atoms with Gasteiger partial charge in [-0.25, -0.2) is 24.0 Å². The van der Waals surface area contributed by atoms with Crippen molar-refractivity contribution in [3.63, 3.8) is 0 Å². The highest BCUT2D eigenvalue weighted by Gasteiger charge is 2.24. The van der Waals surface area contributed by atoms with Crippen LogP contribution in [-0.4, -0.2) is 135 Å². The van der Waals surface area contributed by atoms with Gasteiger partial charge in [-0.1, -0.05) is 134 Å². The van der Waals surface area contributed by atoms with Gasteiger partial charge in [0.1, 0.15) is 41.7 Å². The van der Waals surface area contributed by atoms with E-state index in [0.717, 1.165) is 55.9 Å². The maximum atomic E-state index is 12.2. The van der Waals surface area contributed by atoms with Crippen LogP contribution in [-0.2, 0) is 104 Å². The van der Waals surface area contributed by atoms with Crippen LogP contribution in [0.25, 0.3) is 20.2 Å². The molecule has 8 aromatic rings. The van der Waals surface area contributed by atoms with Gasteiger partial charge in [0.15, 0.2) is 0 Å². The van der Waals surface area contributed by atoms with Gasteiger partial charge in [-0.15, -0.1) is 45.3 Å². The lowest BCUT2D eigenvalue weighted by Crippen LogP contribution is -2.40. The number of ether oxygens (including phenoxy) is 6. The zero-order valence-electron chi connectivity index (χ0n) is 65.1. The molecule has 594 valence electrons. The smallest absolute Gasteiger partial charge is 0.328 e. The van der Waals surface area contributed by atoms with Gasteiger partial charge in [0, 0.05) is 30.1 Å². The first-order chi connectivity index (χ1) is 51.6. The number of nitrogens with one attached hydrogen (secondary N) is 5. The van der Waals surface area contributed by atoms with Crippen LogP contribution in [0.15, 0.2) is 128 Å². The minimum absolute atomic E-state index is 0.0582. The van der Waals surface area contributed by atoms with Crippen LogP contribution >= 0.6 is 68.7 Å². The molecule has 0 aliphatic rings. The molecule has 109 heavy (non-hydrogen) atoms. The molecule has 0 saturated carbocycles. The first-order valence-electron chi connectivity index (χ1n) is 35.8. The number of rotatable bonds is 33. The Balaban J connectivity index is 0.000000289. The fourth-order valence-electron chi connectivity index (χ4n) is 8.98. The lowest BCUT2D eigenvalue weighted by Gasteiger charge is -2.14. The van der Waals surface area contributed by atoms with E-state index in [-0.39, 0.29) is 91.2 Å². The highest BCUT2D eigenvalue weighted by Crippen LogP contribution is 2.35. The summed E-state index contributed by atoms with van der Waals surface area (Å²) < 4.78 is 39.6. The lowest BCUT2D eigenvalue weighted by atomic mass is 10.1. The number of carbonyl (C=O) groups excluding carboxylic acids is 10. The lowest BCUT2D eigenvalue weighted by molar-refractivity contribution is -0.148. The van der Waals surface area contributed by atoms with E-state index in [4.69, 9.17) is 44.5 Å². The highest BCUT2D eigenvalue weighted by atomic mass is 35.5. The summed E-state index contributed by atoms with van der Waals surface area (Å²) in [6, 6.07) is 29.8. The van der Waals surface area contributed by atoms with Crippen molar-refractivity contribution < 1.29 is 80.9 Å². The normalized spacial score (nSPS) is 12.2. The fraction of sp³-hybridized carbons (Fsp3) is 0.463. The number of benzene rings is 3. The zero-order chi connectivity index (χ0) is 80.9. The summed E-state index contributed by atoms with van der Waals surface area (Å²) in [5.74, 6) is -0.459. The Morgan fingerprint density at radius 3 is 1.31 bits per heavy atom. The molecule has 5 amide bonds. The van der Waals surface area contributed by atoms with Crippen molar-refractivity contribution in [3.8, 4) is 5.75 Å². The molecule has 0 saturated heterocycles. The molecule has 29 heteroatoms. The van der Waals surface area contributed by atoms with Crippen molar-refractivity contribution in [2.45, 2.75) is 182 Å². The number of aryl methyl sites for hydroxylation is 1. The third-order valence-corrected chi connectivity index (χ3v) is 20.0. The van der Waals surface area contributed by atoms with Gasteiger partial charge in [-0.05, 0) is 164 Å². The number of methoxy groups -OCH3 is 1. The van der Waals surface area contributed by atoms with Crippen LogP contribution in [0, 0.1) is 36.5 Å². The first kappa shape index (κ1) is 92.7. The summed E-state index contributed by atoms with van der Waals surface area (Å²) in [7, 11) is 1.63. The van der Waals surface area contributed by atoms with E-state index in [0.29, 0.717) is 48.8 Å². The SMILES string of the molecule is CC(C)COC(=O)[C@H](C)NC(=O)Cc1ccc(Cl)s1.CC(C)COC(=O)[C@H](C)NC(=O)Cc1ccsc1Sc1ccccc1.CC(C)COC(=O)[C@H](C)NC(=O)Cc1csc2ccccc12.COc1ccc2cc(CC(=O)N[C@@H](C)C(=O)OCC(C)C)sc2c1.Cc1cc(CC(=O)N[C@@H](C)C(=O)OCC(C)C)on1. The number of hydrogen-bond donors (Lipinski definition) is 5. The van der Waals surface area contributed by atoms with E-state index in [9.17, 15) is 47.9 Å². The van der Waals surface area contributed by atoms with E-state index >= 15 is 0 Å². The second-order valence-corrected chi connectivity index (χ2v) is 33.7. The molecule has 0 aliphatic carbocycles. The van der Waals surface area contributed by atoms with Gasteiger partial charge in [-0.3, -0.25) is 24.0 Å². The van der Waals surface area contributed by atoms with Crippen molar-refractivity contribution >= 4 is 148 Å². The summed E-state index contributed by atoms with van der Waals surface area (Å²) in [6.07, 6.45) is 1.04. The van der Waals surface area contributed by atoms with Gasteiger partial charge >= 0.3 is 29.8 Å². The van der Waals surface area contributed by atoms with E-state index in [2.05, 4.69) is 31.7 Å². The van der Waals surface area contributed by atoms with Crippen LogP contribution in [0.1, 0.15) is 136 Å². The number of carbonyl (C=O) groups is 10. The van der Waals surface area contributed by atoms with Crippen LogP contribution in [0.4, 0.5) is 0 Å². The van der Waals surface area contributed by atoms with Gasteiger partial charge in [0.2, 0.25) is 29.5 Å². The molecule has 3 aromatic carbocycles. The Morgan fingerprint density at radius 1 is 0.450 bits per heavy atom. The average Bonchev–Trinajstić information content (AvgIpc) is 1.69. The van der Waals surface area contributed by atoms with Gasteiger partial charge in [0.25, 0.3) is 0 Å². The summed E-state index contributed by atoms with van der Waals surface area (Å²) in [5, 5.41) is 23.1. The van der Waals surface area contributed by atoms with Crippen molar-refractivity contribution in [2.24, 2.45) is 29.6 Å². The Morgan fingerprint density at radius 2 is 0.881 bits per heavy atom. The summed E-state index contributed by atoms with van der Waals surface area (Å²) in [4.78, 5) is 121. The molecule has 23 nitrogen and oxygen atoms in total. The third kappa shape index (κ3) is 37.1. The zero-order valence-corrected chi connectivity index (χ0v) is 70.0. The second-order valence-electron chi connectivity index (χ2n) is 27.6. The molecule has 5 atom stereocenters. The van der Waals surface area contributed by atoms with Gasteiger partial charge in [0.05, 0.1) is 86.5 Å². The molecule has 0 bridgehead atoms. The molecule has 8 rings (SSSR count). The van der Waals surface area contributed by atoms with Crippen molar-refractivity contribution in [2.75, 3.05) is 40.1 Å². The Kier molecular flexibility index (Phi) is 41.5. The van der Waals surface area contributed by atoms with Crippen molar-refractivity contribution in [3.05, 3.63) is 151 Å². The van der Waals surface area contributed by atoms with E-state index < -0.39 is 60.1 Å². The standard InChI is InChI=1S/C19H23NO3S2.C18H23NO4S.C17H21NO3S.C13H18ClNO3S.C13H20N2O4/c1-13(2)12-23-18(22)14(3)20-17(21)11-15-9-10-24-19(15)25-16-7-5-4-6-8-16;1-11(2)10-23-18(21)12(3)19-17(20)9-15-7-13-5-6-14(22-4)8-16(13)24-15;1-11(2)9-21-17(20)12(3)18-16(19)8-13-10-22-15-7-5-4-6-14(13)15;1-8(2)7-18-13(17)9(3)15-12(16)6-10-4-5-11(14)19-10;1-8(2)7-18-13(17)10(4)14-12(16)6-11-5-9(3)15-19-11/h4-10,13-14H,11-12H2,1-3H3,(H,20,21);5-8,11-12H,9-10H2,1-4H3,(H,19,20);4-7,10-12H,8-9H2,1-3H3,(H,18,19);4-5,8-9H,6-7H2,1-3H3,(H,15,16);5,8,10H,6-7H2,1-4H3,(H,14,16)/t14-;2*12-;9-;10-/m00000/s1. The number of fused-ring (bicyclic) bond motifs is 2. The monoisotopic (exact) mass is 1620 g/mol. The molecular weight excluding hydrogens is 1510 g/mol. The fourth-order valence-corrected chi connectivity index (χ4v) is 14.2. The van der Waals surface area contributed by atoms with E-state index in [1.165, 1.54) is 11.3 Å². The number of esters is 5. The first-order valence-corrected chi connectivity index (χ1v) is 40.4. The second kappa shape index (κ2) is 48.8. The number of halogens is 1. The Labute approximate surface area is 664 Å². The Bertz CT molecular complexity index is 4100. The van der Waals surface area contributed by atoms with Crippen LogP contribution in [0.2, 0.25) is 4.34 Å². The minimum atomic E-state index is -0.671. The summed E-state index contributed by atoms with van der Waals surface area (Å²) >= 11 is 13.6. The van der Waals surface area contributed by atoms with Crippen LogP contribution in [0.3, 0.4) is 0 Å². The van der Waals surface area contributed by atoms with Crippen molar-refractivity contribution in [1.82, 2.24) is 31.7 Å².